The summed E-state index contributed by atoms with van der Waals surface area (Å²) in [6.07, 6.45) is 4.28. The van der Waals surface area contributed by atoms with Crippen LogP contribution in [-0.2, 0) is 4.79 Å². The Morgan fingerprint density at radius 1 is 1.00 bits per heavy atom. The van der Waals surface area contributed by atoms with Crippen molar-refractivity contribution in [2.45, 2.75) is 59.0 Å². The van der Waals surface area contributed by atoms with Crippen LogP contribution in [0.5, 0.6) is 5.75 Å². The molecule has 1 atom stereocenters. The van der Waals surface area contributed by atoms with Crippen LogP contribution in [0.1, 0.15) is 60.5 Å². The summed E-state index contributed by atoms with van der Waals surface area (Å²) in [5.41, 5.74) is 3.23. The van der Waals surface area contributed by atoms with Crippen molar-refractivity contribution in [2.75, 3.05) is 18.4 Å². The summed E-state index contributed by atoms with van der Waals surface area (Å²) in [7, 11) is 0. The minimum absolute atomic E-state index is 0.0173. The van der Waals surface area contributed by atoms with E-state index in [1.54, 1.807) is 12.1 Å². The second-order valence-electron chi connectivity index (χ2n) is 7.95. The van der Waals surface area contributed by atoms with E-state index in [1.165, 1.54) is 0 Å². The quantitative estimate of drug-likeness (QED) is 0.722. The van der Waals surface area contributed by atoms with Gasteiger partial charge >= 0.3 is 0 Å². The van der Waals surface area contributed by atoms with Crippen molar-refractivity contribution >= 4 is 17.5 Å². The van der Waals surface area contributed by atoms with Gasteiger partial charge in [-0.25, -0.2) is 0 Å². The van der Waals surface area contributed by atoms with Gasteiger partial charge in [0, 0.05) is 13.1 Å². The maximum Gasteiger partial charge on any atom is 0.265 e. The minimum Gasteiger partial charge on any atom is -0.480 e. The minimum atomic E-state index is -0.633. The van der Waals surface area contributed by atoms with Crippen molar-refractivity contribution in [1.29, 1.82) is 0 Å². The molecule has 30 heavy (non-hydrogen) atoms. The van der Waals surface area contributed by atoms with Crippen LogP contribution in [0.2, 0.25) is 0 Å². The lowest BCUT2D eigenvalue weighted by molar-refractivity contribution is -0.122. The molecule has 2 aromatic rings. The highest BCUT2D eigenvalue weighted by atomic mass is 16.5. The fraction of sp³-hybridized carbons (Fsp3) is 0.440. The van der Waals surface area contributed by atoms with Gasteiger partial charge in [-0.2, -0.15) is 0 Å². The lowest BCUT2D eigenvalue weighted by atomic mass is 10.1. The molecule has 160 valence electrons. The zero-order valence-corrected chi connectivity index (χ0v) is 18.2. The predicted octanol–water partition coefficient (Wildman–Crippen LogP) is 5.12. The Hall–Kier alpha value is -2.82. The fourth-order valence-corrected chi connectivity index (χ4v) is 3.76. The molecule has 0 bridgehead atoms. The van der Waals surface area contributed by atoms with E-state index in [1.807, 2.05) is 56.0 Å². The maximum absolute atomic E-state index is 13.1. The van der Waals surface area contributed by atoms with Gasteiger partial charge < -0.3 is 15.0 Å². The van der Waals surface area contributed by atoms with Crippen LogP contribution >= 0.6 is 0 Å². The smallest absolute Gasteiger partial charge is 0.265 e. The number of hydrogen-bond acceptors (Lipinski definition) is 3. The largest absolute Gasteiger partial charge is 0.480 e. The highest BCUT2D eigenvalue weighted by Crippen LogP contribution is 2.24. The molecule has 2 aromatic carbocycles. The first kappa shape index (κ1) is 21.9. The molecule has 1 heterocycles. The summed E-state index contributed by atoms with van der Waals surface area (Å²) in [4.78, 5) is 28.0. The molecule has 0 radical (unpaired) electrons. The fourth-order valence-electron chi connectivity index (χ4n) is 3.76. The molecule has 0 unspecified atom stereocenters. The Labute approximate surface area is 179 Å². The molecule has 1 aliphatic heterocycles. The number of nitrogens with one attached hydrogen (secondary N) is 1. The highest BCUT2D eigenvalue weighted by molar-refractivity contribution is 6.04. The molecule has 3 rings (SSSR count). The molecule has 1 N–H and O–H groups in total. The second-order valence-corrected chi connectivity index (χ2v) is 7.95. The van der Waals surface area contributed by atoms with E-state index in [4.69, 9.17) is 4.74 Å². The van der Waals surface area contributed by atoms with Crippen molar-refractivity contribution in [2.24, 2.45) is 0 Å². The summed E-state index contributed by atoms with van der Waals surface area (Å²) in [5.74, 6) is 0.455. The standard InChI is InChI=1S/C25H32N2O3/c1-4-22(30-23-15-11-12-18(2)19(23)3)24(28)26-21-14-8-7-13-20(21)25(29)27-16-9-5-6-10-17-27/h7-8,11-15,22H,4-6,9-10,16-17H2,1-3H3,(H,26,28)/t22-/m0/s1. The molecule has 0 saturated carbocycles. The van der Waals surface area contributed by atoms with Gasteiger partial charge in [-0.3, -0.25) is 9.59 Å². The van der Waals surface area contributed by atoms with E-state index in [9.17, 15) is 9.59 Å². The van der Waals surface area contributed by atoms with Crippen LogP contribution in [0.25, 0.3) is 0 Å². The third kappa shape index (κ3) is 5.21. The first-order valence-corrected chi connectivity index (χ1v) is 10.9. The molecule has 5 nitrogen and oxygen atoms in total. The number of likely N-dealkylation sites (tertiary alicyclic amines) is 1. The van der Waals surface area contributed by atoms with E-state index in [2.05, 4.69) is 5.32 Å². The normalized spacial score (nSPS) is 15.2. The molecular weight excluding hydrogens is 376 g/mol. The van der Waals surface area contributed by atoms with Crippen LogP contribution in [0.4, 0.5) is 5.69 Å². The summed E-state index contributed by atoms with van der Waals surface area (Å²) >= 11 is 0. The number of rotatable bonds is 6. The molecule has 0 aromatic heterocycles. The first-order chi connectivity index (χ1) is 14.5. The van der Waals surface area contributed by atoms with Gasteiger partial charge in [-0.15, -0.1) is 0 Å². The monoisotopic (exact) mass is 408 g/mol. The molecule has 1 fully saturated rings. The lowest BCUT2D eigenvalue weighted by Gasteiger charge is -2.23. The number of carbonyl (C=O) groups is 2. The van der Waals surface area contributed by atoms with Gasteiger partial charge in [0.2, 0.25) is 0 Å². The van der Waals surface area contributed by atoms with Crippen LogP contribution in [0, 0.1) is 13.8 Å². The van der Waals surface area contributed by atoms with Gasteiger partial charge in [0.1, 0.15) is 5.75 Å². The molecule has 2 amide bonds. The average Bonchev–Trinajstić information content (AvgIpc) is 3.04. The first-order valence-electron chi connectivity index (χ1n) is 10.9. The van der Waals surface area contributed by atoms with Crippen molar-refractivity contribution in [3.05, 3.63) is 59.2 Å². The summed E-state index contributed by atoms with van der Waals surface area (Å²) in [5, 5.41) is 2.94. The molecule has 0 aliphatic carbocycles. The van der Waals surface area contributed by atoms with Crippen molar-refractivity contribution < 1.29 is 14.3 Å². The zero-order chi connectivity index (χ0) is 21.5. The number of ether oxygens (including phenoxy) is 1. The van der Waals surface area contributed by atoms with Crippen LogP contribution in [-0.4, -0.2) is 35.9 Å². The molecule has 0 spiro atoms. The van der Waals surface area contributed by atoms with Gasteiger partial charge in [0.15, 0.2) is 6.10 Å². The van der Waals surface area contributed by atoms with Gasteiger partial charge in [0.25, 0.3) is 11.8 Å². The number of aryl methyl sites for hydroxylation is 1. The van der Waals surface area contributed by atoms with Gasteiger partial charge in [-0.05, 0) is 62.4 Å². The Balaban J connectivity index is 1.75. The van der Waals surface area contributed by atoms with Crippen molar-refractivity contribution in [1.82, 2.24) is 4.90 Å². The number of hydrogen-bond donors (Lipinski definition) is 1. The SMILES string of the molecule is CC[C@H](Oc1cccc(C)c1C)C(=O)Nc1ccccc1C(=O)N1CCCCCC1. The zero-order valence-electron chi connectivity index (χ0n) is 18.2. The number of carbonyl (C=O) groups excluding carboxylic acids is 2. The number of anilines is 1. The number of benzene rings is 2. The summed E-state index contributed by atoms with van der Waals surface area (Å²) in [6.45, 7) is 7.48. The van der Waals surface area contributed by atoms with Crippen molar-refractivity contribution in [3.63, 3.8) is 0 Å². The molecule has 1 saturated heterocycles. The van der Waals surface area contributed by atoms with E-state index in [0.29, 0.717) is 23.4 Å². The van der Waals surface area contributed by atoms with E-state index in [-0.39, 0.29) is 11.8 Å². The Kier molecular flexibility index (Phi) is 7.50. The predicted molar refractivity (Wildman–Crippen MR) is 120 cm³/mol. The number of para-hydroxylation sites is 1. The molecular formula is C25H32N2O3. The van der Waals surface area contributed by atoms with E-state index < -0.39 is 6.10 Å². The van der Waals surface area contributed by atoms with E-state index in [0.717, 1.165) is 49.9 Å². The van der Waals surface area contributed by atoms with Crippen LogP contribution in [0.15, 0.2) is 42.5 Å². The molecule has 1 aliphatic rings. The topological polar surface area (TPSA) is 58.6 Å². The average molecular weight is 409 g/mol. The summed E-state index contributed by atoms with van der Waals surface area (Å²) in [6, 6.07) is 13.1. The number of nitrogens with zero attached hydrogens (tertiary/aromatic N) is 1. The van der Waals surface area contributed by atoms with Crippen molar-refractivity contribution in [3.8, 4) is 5.75 Å². The van der Waals surface area contributed by atoms with E-state index >= 15 is 0 Å². The lowest BCUT2D eigenvalue weighted by Crippen LogP contribution is -2.35. The third-order valence-electron chi connectivity index (χ3n) is 5.80. The second kappa shape index (κ2) is 10.3. The maximum atomic E-state index is 13.1. The van der Waals surface area contributed by atoms with Gasteiger partial charge in [0.05, 0.1) is 11.3 Å². The Morgan fingerprint density at radius 2 is 1.70 bits per heavy atom. The van der Waals surface area contributed by atoms with Crippen LogP contribution in [0.3, 0.4) is 0 Å². The Morgan fingerprint density at radius 3 is 2.40 bits per heavy atom. The summed E-state index contributed by atoms with van der Waals surface area (Å²) < 4.78 is 6.04. The van der Waals surface area contributed by atoms with Gasteiger partial charge in [-0.1, -0.05) is 44.0 Å². The third-order valence-corrected chi connectivity index (χ3v) is 5.80. The highest BCUT2D eigenvalue weighted by Gasteiger charge is 2.24. The van der Waals surface area contributed by atoms with Crippen LogP contribution < -0.4 is 10.1 Å². The molecule has 5 heteroatoms. The number of amides is 2. The Bertz CT molecular complexity index is 886.